The summed E-state index contributed by atoms with van der Waals surface area (Å²) in [6.45, 7) is 0.563. The van der Waals surface area contributed by atoms with Crippen molar-refractivity contribution in [3.63, 3.8) is 0 Å². The van der Waals surface area contributed by atoms with Crippen LogP contribution in [0.4, 0.5) is 4.39 Å². The average molecular weight is 484 g/mol. The fraction of sp³-hybridized carbons (Fsp3) is 0.423. The monoisotopic (exact) mass is 483 g/mol. The Morgan fingerprint density at radius 2 is 1.83 bits per heavy atom. The summed E-state index contributed by atoms with van der Waals surface area (Å²) in [4.78, 5) is 27.8. The molecule has 1 saturated carbocycles. The number of hydrogen-bond acceptors (Lipinski definition) is 6. The molecule has 0 unspecified atom stereocenters. The van der Waals surface area contributed by atoms with Gasteiger partial charge in [-0.3, -0.25) is 9.59 Å². The largest absolute Gasteiger partial charge is 0.497 e. The van der Waals surface area contributed by atoms with Crippen LogP contribution in [0, 0.1) is 11.7 Å². The van der Waals surface area contributed by atoms with Crippen molar-refractivity contribution in [1.29, 1.82) is 0 Å². The van der Waals surface area contributed by atoms with E-state index in [-0.39, 0.29) is 30.1 Å². The minimum Gasteiger partial charge on any atom is -0.497 e. The van der Waals surface area contributed by atoms with E-state index < -0.39 is 6.04 Å². The molecule has 1 fully saturated rings. The van der Waals surface area contributed by atoms with E-state index in [1.54, 1.807) is 50.5 Å². The fourth-order valence-corrected chi connectivity index (χ4v) is 4.18. The van der Waals surface area contributed by atoms with Crippen molar-refractivity contribution in [2.45, 2.75) is 25.3 Å². The van der Waals surface area contributed by atoms with E-state index >= 15 is 0 Å². The topological polar surface area (TPSA) is 80.7 Å². The van der Waals surface area contributed by atoms with Crippen LogP contribution < -0.4 is 9.47 Å². The summed E-state index contributed by atoms with van der Waals surface area (Å²) in [5.74, 6) is 0.485. The predicted molar refractivity (Wildman–Crippen MR) is 128 cm³/mol. The Morgan fingerprint density at radius 3 is 2.46 bits per heavy atom. The lowest BCUT2D eigenvalue weighted by molar-refractivity contribution is -0.142. The van der Waals surface area contributed by atoms with Gasteiger partial charge in [-0.05, 0) is 42.7 Å². The highest BCUT2D eigenvalue weighted by Gasteiger charge is 2.38. The van der Waals surface area contributed by atoms with Crippen LogP contribution in [0.1, 0.15) is 36.4 Å². The number of ether oxygens (including phenoxy) is 3. The van der Waals surface area contributed by atoms with Crippen molar-refractivity contribution in [3.05, 3.63) is 59.4 Å². The molecule has 0 saturated heterocycles. The van der Waals surface area contributed by atoms with Crippen molar-refractivity contribution in [2.24, 2.45) is 11.0 Å². The van der Waals surface area contributed by atoms with E-state index in [0.29, 0.717) is 36.8 Å². The molecule has 35 heavy (non-hydrogen) atoms. The van der Waals surface area contributed by atoms with Gasteiger partial charge in [0.2, 0.25) is 5.91 Å². The normalized spacial score (nSPS) is 17.2. The van der Waals surface area contributed by atoms with Gasteiger partial charge >= 0.3 is 0 Å². The number of hydrogen-bond donors (Lipinski definition) is 0. The van der Waals surface area contributed by atoms with Crippen LogP contribution >= 0.6 is 0 Å². The first-order chi connectivity index (χ1) is 16.9. The van der Waals surface area contributed by atoms with Gasteiger partial charge in [0.1, 0.15) is 23.9 Å². The Balaban J connectivity index is 1.64. The first-order valence-electron chi connectivity index (χ1n) is 11.6. The maximum absolute atomic E-state index is 13.6. The maximum atomic E-state index is 13.6. The molecule has 2 aromatic rings. The Morgan fingerprint density at radius 1 is 1.09 bits per heavy atom. The molecule has 0 spiro atoms. The molecule has 0 N–H and O–H groups in total. The molecular formula is C26H30FN3O5. The van der Waals surface area contributed by atoms with E-state index in [9.17, 15) is 14.0 Å². The molecule has 0 aromatic heterocycles. The number of carbonyl (C=O) groups excluding carboxylic acids is 2. The fourth-order valence-electron chi connectivity index (χ4n) is 4.18. The molecule has 0 radical (unpaired) electrons. The van der Waals surface area contributed by atoms with Crippen molar-refractivity contribution in [2.75, 3.05) is 41.0 Å². The molecule has 1 atom stereocenters. The zero-order valence-electron chi connectivity index (χ0n) is 20.2. The number of amides is 2. The molecule has 2 amide bonds. The number of halogens is 1. The van der Waals surface area contributed by atoms with Crippen molar-refractivity contribution >= 4 is 17.5 Å². The summed E-state index contributed by atoms with van der Waals surface area (Å²) in [5.41, 5.74) is 2.15. The zero-order valence-corrected chi connectivity index (χ0v) is 20.2. The summed E-state index contributed by atoms with van der Waals surface area (Å²) in [5, 5.41) is 6.08. The van der Waals surface area contributed by atoms with Gasteiger partial charge in [-0.15, -0.1) is 0 Å². The second kappa shape index (κ2) is 10.9. The van der Waals surface area contributed by atoms with Crippen LogP contribution in [0.2, 0.25) is 0 Å². The molecule has 1 aliphatic heterocycles. The maximum Gasteiger partial charge on any atom is 0.262 e. The molecule has 0 bridgehead atoms. The number of hydrazone groups is 1. The Hall–Kier alpha value is -3.46. The SMILES string of the molecule is COCCN(CC(=O)N1N=C(c2ccc(OC)cc2OC)C[C@@H]1c1ccc(F)cc1)C(=O)C1CC1. The van der Waals surface area contributed by atoms with Gasteiger partial charge in [0, 0.05) is 37.6 Å². The second-order valence-electron chi connectivity index (χ2n) is 8.65. The first-order valence-corrected chi connectivity index (χ1v) is 11.6. The quantitative estimate of drug-likeness (QED) is 0.518. The van der Waals surface area contributed by atoms with Gasteiger partial charge < -0.3 is 19.1 Å². The van der Waals surface area contributed by atoms with Crippen molar-refractivity contribution in [1.82, 2.24) is 9.91 Å². The van der Waals surface area contributed by atoms with Crippen LogP contribution in [-0.4, -0.2) is 68.5 Å². The highest BCUT2D eigenvalue weighted by molar-refractivity contribution is 6.05. The molecule has 2 aromatic carbocycles. The van der Waals surface area contributed by atoms with Crippen LogP contribution in [0.15, 0.2) is 47.6 Å². The summed E-state index contributed by atoms with van der Waals surface area (Å²) in [6.07, 6.45) is 2.10. The van der Waals surface area contributed by atoms with Gasteiger partial charge in [0.15, 0.2) is 0 Å². The molecule has 186 valence electrons. The minimum absolute atomic E-state index is 0.0197. The van der Waals surface area contributed by atoms with Crippen LogP contribution in [0.25, 0.3) is 0 Å². The van der Waals surface area contributed by atoms with E-state index in [0.717, 1.165) is 24.0 Å². The molecule has 2 aliphatic rings. The summed E-state index contributed by atoms with van der Waals surface area (Å²) in [7, 11) is 4.70. The third-order valence-electron chi connectivity index (χ3n) is 6.27. The number of nitrogens with zero attached hydrogens (tertiary/aromatic N) is 3. The minimum atomic E-state index is -0.440. The lowest BCUT2D eigenvalue weighted by Crippen LogP contribution is -2.43. The smallest absolute Gasteiger partial charge is 0.262 e. The van der Waals surface area contributed by atoms with Crippen LogP contribution in [0.5, 0.6) is 11.5 Å². The molecule has 1 aliphatic carbocycles. The first kappa shape index (κ1) is 24.7. The van der Waals surface area contributed by atoms with Crippen LogP contribution in [0.3, 0.4) is 0 Å². The van der Waals surface area contributed by atoms with Gasteiger partial charge in [0.05, 0.1) is 32.6 Å². The third kappa shape index (κ3) is 5.62. The number of carbonyl (C=O) groups is 2. The van der Waals surface area contributed by atoms with E-state index in [1.165, 1.54) is 17.1 Å². The highest BCUT2D eigenvalue weighted by Crippen LogP contribution is 2.37. The Labute approximate surface area is 204 Å². The molecular weight excluding hydrogens is 453 g/mol. The Bertz CT molecular complexity index is 1100. The summed E-state index contributed by atoms with van der Waals surface area (Å²) < 4.78 is 29.6. The number of rotatable bonds is 10. The van der Waals surface area contributed by atoms with Crippen molar-refractivity contribution < 1.29 is 28.2 Å². The van der Waals surface area contributed by atoms with E-state index in [2.05, 4.69) is 5.10 Å². The van der Waals surface area contributed by atoms with Gasteiger partial charge in [0.25, 0.3) is 5.91 Å². The Kier molecular flexibility index (Phi) is 7.65. The van der Waals surface area contributed by atoms with Gasteiger partial charge in [-0.2, -0.15) is 5.10 Å². The van der Waals surface area contributed by atoms with E-state index in [1.807, 2.05) is 6.07 Å². The van der Waals surface area contributed by atoms with Gasteiger partial charge in [-0.25, -0.2) is 9.40 Å². The zero-order chi connectivity index (χ0) is 24.9. The summed E-state index contributed by atoms with van der Waals surface area (Å²) in [6, 6.07) is 11.0. The summed E-state index contributed by atoms with van der Waals surface area (Å²) >= 11 is 0. The second-order valence-corrected chi connectivity index (χ2v) is 8.65. The molecule has 8 nitrogen and oxygen atoms in total. The predicted octanol–water partition coefficient (Wildman–Crippen LogP) is 3.41. The third-order valence-corrected chi connectivity index (χ3v) is 6.27. The molecule has 1 heterocycles. The van der Waals surface area contributed by atoms with Crippen molar-refractivity contribution in [3.8, 4) is 11.5 Å². The van der Waals surface area contributed by atoms with Gasteiger partial charge in [-0.1, -0.05) is 12.1 Å². The molecule has 9 heteroatoms. The standard InChI is InChI=1S/C26H30FN3O5/c1-33-13-12-29(26(32)18-4-5-18)16-25(31)30-23(17-6-8-19(27)9-7-17)15-22(28-30)21-11-10-20(34-2)14-24(21)35-3/h6-11,14,18,23H,4-5,12-13,15-16H2,1-3H3/t23-/m1/s1. The lowest BCUT2D eigenvalue weighted by Gasteiger charge is -2.27. The van der Waals surface area contributed by atoms with Crippen LogP contribution in [-0.2, 0) is 14.3 Å². The highest BCUT2D eigenvalue weighted by atomic mass is 19.1. The number of benzene rings is 2. The lowest BCUT2D eigenvalue weighted by atomic mass is 9.97. The number of methoxy groups -OCH3 is 3. The van der Waals surface area contributed by atoms with E-state index in [4.69, 9.17) is 14.2 Å². The average Bonchev–Trinajstić information content (AvgIpc) is 3.64. The molecule has 4 rings (SSSR count).